The normalized spacial score (nSPS) is 26.1. The molecule has 3 heteroatoms. The van der Waals surface area contributed by atoms with Crippen LogP contribution in [-0.2, 0) is 17.8 Å². The van der Waals surface area contributed by atoms with Crippen LogP contribution in [-0.4, -0.2) is 15.6 Å². The summed E-state index contributed by atoms with van der Waals surface area (Å²) in [7, 11) is 0. The number of Topliss-reactive ketones (excluding diaryl/α,β-unsaturated/α-hetero) is 1. The summed E-state index contributed by atoms with van der Waals surface area (Å²) in [4.78, 5) is 11.4. The first-order valence-corrected chi connectivity index (χ1v) is 5.74. The van der Waals surface area contributed by atoms with Gasteiger partial charge in [0.15, 0.2) is 0 Å². The zero-order chi connectivity index (χ0) is 10.8. The molecule has 15 heavy (non-hydrogen) atoms. The molecule has 2 rings (SSSR count). The Morgan fingerprint density at radius 3 is 2.93 bits per heavy atom. The molecule has 2 atom stereocenters. The fourth-order valence-electron chi connectivity index (χ4n) is 2.33. The van der Waals surface area contributed by atoms with E-state index in [2.05, 4.69) is 25.1 Å². The molecular weight excluding hydrogens is 188 g/mol. The van der Waals surface area contributed by atoms with E-state index in [9.17, 15) is 4.79 Å². The maximum absolute atomic E-state index is 11.4. The van der Waals surface area contributed by atoms with Crippen molar-refractivity contribution < 1.29 is 4.79 Å². The van der Waals surface area contributed by atoms with Crippen LogP contribution in [0.4, 0.5) is 0 Å². The summed E-state index contributed by atoms with van der Waals surface area (Å²) in [6.45, 7) is 5.06. The van der Waals surface area contributed by atoms with Gasteiger partial charge in [-0.2, -0.15) is 5.10 Å². The van der Waals surface area contributed by atoms with E-state index in [1.165, 1.54) is 5.56 Å². The number of ketones is 1. The SMILES string of the molecule is CCn1cc(CC2CCC(=O)C2C)cn1. The van der Waals surface area contributed by atoms with Crippen molar-refractivity contribution >= 4 is 5.78 Å². The molecule has 3 nitrogen and oxygen atoms in total. The molecule has 0 bridgehead atoms. The van der Waals surface area contributed by atoms with Gasteiger partial charge in [0.2, 0.25) is 0 Å². The molecule has 82 valence electrons. The molecule has 1 fully saturated rings. The van der Waals surface area contributed by atoms with E-state index in [-0.39, 0.29) is 5.92 Å². The van der Waals surface area contributed by atoms with Crippen molar-refractivity contribution in [3.63, 3.8) is 0 Å². The van der Waals surface area contributed by atoms with Crippen molar-refractivity contribution in [2.75, 3.05) is 0 Å². The standard InChI is InChI=1S/C12H18N2O/c1-3-14-8-10(7-13-14)6-11-4-5-12(15)9(11)2/h7-9,11H,3-6H2,1-2H3. The van der Waals surface area contributed by atoms with Crippen molar-refractivity contribution in [1.82, 2.24) is 9.78 Å². The molecular formula is C12H18N2O. The molecule has 1 aromatic rings. The fraction of sp³-hybridized carbons (Fsp3) is 0.667. The van der Waals surface area contributed by atoms with Crippen LogP contribution in [0.2, 0.25) is 0 Å². The maximum Gasteiger partial charge on any atom is 0.135 e. The van der Waals surface area contributed by atoms with Gasteiger partial charge in [-0.05, 0) is 31.2 Å². The summed E-state index contributed by atoms with van der Waals surface area (Å²) in [6.07, 6.45) is 6.85. The van der Waals surface area contributed by atoms with Crippen LogP contribution in [0, 0.1) is 11.8 Å². The number of nitrogens with zero attached hydrogens (tertiary/aromatic N) is 2. The van der Waals surface area contributed by atoms with E-state index in [4.69, 9.17) is 0 Å². The number of hydrogen-bond donors (Lipinski definition) is 0. The first kappa shape index (κ1) is 10.4. The van der Waals surface area contributed by atoms with E-state index in [1.807, 2.05) is 10.9 Å². The van der Waals surface area contributed by atoms with Gasteiger partial charge in [-0.25, -0.2) is 0 Å². The molecule has 0 aromatic carbocycles. The lowest BCUT2D eigenvalue weighted by atomic mass is 9.92. The Morgan fingerprint density at radius 1 is 1.60 bits per heavy atom. The van der Waals surface area contributed by atoms with Crippen LogP contribution in [0.1, 0.15) is 32.3 Å². The Hall–Kier alpha value is -1.12. The van der Waals surface area contributed by atoms with Gasteiger partial charge in [-0.3, -0.25) is 9.48 Å². The monoisotopic (exact) mass is 206 g/mol. The van der Waals surface area contributed by atoms with Gasteiger partial charge in [0.05, 0.1) is 6.20 Å². The highest BCUT2D eigenvalue weighted by Gasteiger charge is 2.30. The van der Waals surface area contributed by atoms with Gasteiger partial charge in [0.25, 0.3) is 0 Å². The predicted octanol–water partition coefficient (Wildman–Crippen LogP) is 2.06. The topological polar surface area (TPSA) is 34.9 Å². The van der Waals surface area contributed by atoms with Gasteiger partial charge in [0, 0.05) is 25.1 Å². The molecule has 1 aliphatic rings. The lowest BCUT2D eigenvalue weighted by Gasteiger charge is -2.11. The summed E-state index contributed by atoms with van der Waals surface area (Å²) in [5.41, 5.74) is 1.27. The van der Waals surface area contributed by atoms with Crippen LogP contribution >= 0.6 is 0 Å². The van der Waals surface area contributed by atoms with Crippen LogP contribution in [0.5, 0.6) is 0 Å². The van der Waals surface area contributed by atoms with Crippen molar-refractivity contribution in [2.45, 2.75) is 39.7 Å². The minimum atomic E-state index is 0.245. The molecule has 0 saturated heterocycles. The highest BCUT2D eigenvalue weighted by Crippen LogP contribution is 2.30. The van der Waals surface area contributed by atoms with Crippen LogP contribution in [0.3, 0.4) is 0 Å². The average molecular weight is 206 g/mol. The van der Waals surface area contributed by atoms with Gasteiger partial charge in [-0.15, -0.1) is 0 Å². The van der Waals surface area contributed by atoms with Crippen LogP contribution < -0.4 is 0 Å². The van der Waals surface area contributed by atoms with E-state index in [0.717, 1.165) is 25.8 Å². The predicted molar refractivity (Wildman–Crippen MR) is 58.5 cm³/mol. The van der Waals surface area contributed by atoms with Crippen molar-refractivity contribution in [3.05, 3.63) is 18.0 Å². The molecule has 1 aliphatic carbocycles. The van der Waals surface area contributed by atoms with E-state index in [0.29, 0.717) is 11.7 Å². The molecule has 1 aromatic heterocycles. The number of hydrogen-bond acceptors (Lipinski definition) is 2. The quantitative estimate of drug-likeness (QED) is 0.758. The Morgan fingerprint density at radius 2 is 2.40 bits per heavy atom. The first-order chi connectivity index (χ1) is 7.20. The molecule has 0 aliphatic heterocycles. The van der Waals surface area contributed by atoms with E-state index < -0.39 is 0 Å². The largest absolute Gasteiger partial charge is 0.299 e. The second-order valence-corrected chi connectivity index (χ2v) is 4.46. The smallest absolute Gasteiger partial charge is 0.135 e. The number of rotatable bonds is 3. The molecule has 0 N–H and O–H groups in total. The highest BCUT2D eigenvalue weighted by molar-refractivity contribution is 5.83. The summed E-state index contributed by atoms with van der Waals surface area (Å²) in [5, 5.41) is 4.25. The second-order valence-electron chi connectivity index (χ2n) is 4.46. The zero-order valence-electron chi connectivity index (χ0n) is 9.44. The second kappa shape index (κ2) is 4.17. The molecule has 0 amide bonds. The van der Waals surface area contributed by atoms with Crippen molar-refractivity contribution in [2.24, 2.45) is 11.8 Å². The Balaban J connectivity index is 2.00. The van der Waals surface area contributed by atoms with Gasteiger partial charge in [-0.1, -0.05) is 6.92 Å². The van der Waals surface area contributed by atoms with Gasteiger partial charge >= 0.3 is 0 Å². The highest BCUT2D eigenvalue weighted by atomic mass is 16.1. The number of aryl methyl sites for hydroxylation is 1. The average Bonchev–Trinajstić information content (AvgIpc) is 2.80. The third-order valence-electron chi connectivity index (χ3n) is 3.49. The zero-order valence-corrected chi connectivity index (χ0v) is 9.44. The number of carbonyl (C=O) groups is 1. The third kappa shape index (κ3) is 2.11. The molecule has 0 radical (unpaired) electrons. The minimum absolute atomic E-state index is 0.245. The van der Waals surface area contributed by atoms with E-state index >= 15 is 0 Å². The van der Waals surface area contributed by atoms with Crippen molar-refractivity contribution in [3.8, 4) is 0 Å². The van der Waals surface area contributed by atoms with Gasteiger partial charge in [0.1, 0.15) is 5.78 Å². The first-order valence-electron chi connectivity index (χ1n) is 5.74. The fourth-order valence-corrected chi connectivity index (χ4v) is 2.33. The summed E-state index contributed by atoms with van der Waals surface area (Å²) >= 11 is 0. The van der Waals surface area contributed by atoms with Crippen LogP contribution in [0.25, 0.3) is 0 Å². The molecule has 0 spiro atoms. The molecule has 1 saturated carbocycles. The summed E-state index contributed by atoms with van der Waals surface area (Å²) in [5.74, 6) is 1.21. The van der Waals surface area contributed by atoms with Gasteiger partial charge < -0.3 is 0 Å². The number of aromatic nitrogens is 2. The molecule has 1 heterocycles. The Labute approximate surface area is 90.5 Å². The summed E-state index contributed by atoms with van der Waals surface area (Å²) < 4.78 is 1.94. The maximum atomic E-state index is 11.4. The summed E-state index contributed by atoms with van der Waals surface area (Å²) in [6, 6.07) is 0. The third-order valence-corrected chi connectivity index (χ3v) is 3.49. The lowest BCUT2D eigenvalue weighted by Crippen LogP contribution is -2.12. The van der Waals surface area contributed by atoms with E-state index in [1.54, 1.807) is 0 Å². The van der Waals surface area contributed by atoms with Crippen molar-refractivity contribution in [1.29, 1.82) is 0 Å². The minimum Gasteiger partial charge on any atom is -0.299 e. The molecule has 2 unspecified atom stereocenters. The Kier molecular flexibility index (Phi) is 2.89. The Bertz CT molecular complexity index is 356. The van der Waals surface area contributed by atoms with Crippen LogP contribution in [0.15, 0.2) is 12.4 Å². The lowest BCUT2D eigenvalue weighted by molar-refractivity contribution is -0.120. The number of carbonyl (C=O) groups excluding carboxylic acids is 1.